The summed E-state index contributed by atoms with van der Waals surface area (Å²) in [5, 5.41) is 3.21. The average molecular weight is 224 g/mol. The van der Waals surface area contributed by atoms with Gasteiger partial charge in [-0.05, 0) is 24.0 Å². The maximum atomic E-state index is 11.5. The van der Waals surface area contributed by atoms with Crippen LogP contribution in [-0.4, -0.2) is 24.1 Å². The van der Waals surface area contributed by atoms with E-state index in [9.17, 15) is 4.79 Å². The number of hydrogen-bond donors (Lipinski definition) is 2. The minimum atomic E-state index is -0.222. The Morgan fingerprint density at radius 1 is 1.56 bits per heavy atom. The number of hydrogen-bond acceptors (Lipinski definition) is 3. The zero-order valence-electron chi connectivity index (χ0n) is 10.1. The summed E-state index contributed by atoms with van der Waals surface area (Å²) in [5.41, 5.74) is 1.14. The van der Waals surface area contributed by atoms with Crippen LogP contribution in [-0.2, 0) is 16.1 Å². The minimum Gasteiger partial charge on any atom is -0.468 e. The van der Waals surface area contributed by atoms with Gasteiger partial charge in [0.15, 0.2) is 0 Å². The molecule has 0 spiro atoms. The van der Waals surface area contributed by atoms with Crippen LogP contribution < -0.4 is 5.32 Å². The average Bonchev–Trinajstić information content (AvgIpc) is 2.75. The highest BCUT2D eigenvalue weighted by atomic mass is 16.5. The summed E-state index contributed by atoms with van der Waals surface area (Å²) in [6, 6.07) is 1.76. The van der Waals surface area contributed by atoms with E-state index in [0.717, 1.165) is 12.0 Å². The molecule has 0 radical (unpaired) electrons. The molecule has 1 unspecified atom stereocenters. The minimum absolute atomic E-state index is 0.191. The fourth-order valence-electron chi connectivity index (χ4n) is 1.59. The summed E-state index contributed by atoms with van der Waals surface area (Å²) in [4.78, 5) is 14.5. The third-order valence-corrected chi connectivity index (χ3v) is 2.41. The van der Waals surface area contributed by atoms with Crippen LogP contribution >= 0.6 is 0 Å². The predicted molar refractivity (Wildman–Crippen MR) is 62.9 cm³/mol. The van der Waals surface area contributed by atoms with E-state index < -0.39 is 0 Å². The summed E-state index contributed by atoms with van der Waals surface area (Å²) < 4.78 is 4.77. The third-order valence-electron chi connectivity index (χ3n) is 2.41. The van der Waals surface area contributed by atoms with E-state index in [-0.39, 0.29) is 12.0 Å². The van der Waals surface area contributed by atoms with Gasteiger partial charge in [-0.25, -0.2) is 0 Å². The molecular formula is C12H20N2O2. The van der Waals surface area contributed by atoms with Gasteiger partial charge in [0, 0.05) is 18.9 Å². The molecule has 1 aromatic rings. The van der Waals surface area contributed by atoms with Crippen LogP contribution in [0.15, 0.2) is 18.5 Å². The molecule has 1 atom stereocenters. The van der Waals surface area contributed by atoms with Crippen LogP contribution in [0.1, 0.15) is 25.8 Å². The van der Waals surface area contributed by atoms with E-state index in [1.54, 1.807) is 0 Å². The Morgan fingerprint density at radius 2 is 2.31 bits per heavy atom. The number of esters is 1. The standard InChI is InChI=1S/C12H20N2O2/c1-9(2)6-11(12(15)16-3)14-8-10-4-5-13-7-10/h4-5,7,9,11,13-14H,6,8H2,1-3H3. The van der Waals surface area contributed by atoms with Crippen molar-refractivity contribution < 1.29 is 9.53 Å². The second-order valence-electron chi connectivity index (χ2n) is 4.31. The van der Waals surface area contributed by atoms with Crippen molar-refractivity contribution in [2.45, 2.75) is 32.9 Å². The number of methoxy groups -OCH3 is 1. The molecule has 0 aliphatic heterocycles. The van der Waals surface area contributed by atoms with Crippen LogP contribution in [0, 0.1) is 5.92 Å². The maximum Gasteiger partial charge on any atom is 0.322 e. The second kappa shape index (κ2) is 6.33. The Balaban J connectivity index is 2.46. The number of rotatable bonds is 6. The number of carbonyl (C=O) groups excluding carboxylic acids is 1. The molecule has 2 N–H and O–H groups in total. The number of ether oxygens (including phenoxy) is 1. The lowest BCUT2D eigenvalue weighted by Crippen LogP contribution is -2.38. The third kappa shape index (κ3) is 4.06. The summed E-state index contributed by atoms with van der Waals surface area (Å²) in [5.74, 6) is 0.270. The quantitative estimate of drug-likeness (QED) is 0.723. The molecule has 0 saturated carbocycles. The van der Waals surface area contributed by atoms with Gasteiger partial charge in [0.1, 0.15) is 6.04 Å². The number of nitrogens with one attached hydrogen (secondary N) is 2. The van der Waals surface area contributed by atoms with E-state index in [4.69, 9.17) is 4.74 Å². The number of aromatic amines is 1. The first-order valence-corrected chi connectivity index (χ1v) is 5.56. The van der Waals surface area contributed by atoms with E-state index in [0.29, 0.717) is 12.5 Å². The molecule has 4 nitrogen and oxygen atoms in total. The zero-order chi connectivity index (χ0) is 12.0. The van der Waals surface area contributed by atoms with Gasteiger partial charge in [0.25, 0.3) is 0 Å². The monoisotopic (exact) mass is 224 g/mol. The van der Waals surface area contributed by atoms with Crippen LogP contribution in [0.25, 0.3) is 0 Å². The van der Waals surface area contributed by atoms with E-state index >= 15 is 0 Å². The lowest BCUT2D eigenvalue weighted by Gasteiger charge is -2.17. The molecule has 0 saturated heterocycles. The summed E-state index contributed by atoms with van der Waals surface area (Å²) in [7, 11) is 1.42. The molecule has 16 heavy (non-hydrogen) atoms. The van der Waals surface area contributed by atoms with Crippen LogP contribution in [0.3, 0.4) is 0 Å². The van der Waals surface area contributed by atoms with Crippen LogP contribution in [0.4, 0.5) is 0 Å². The number of H-pyrrole nitrogens is 1. The summed E-state index contributed by atoms with van der Waals surface area (Å²) in [6.07, 6.45) is 4.57. The molecule has 1 aromatic heterocycles. The van der Waals surface area contributed by atoms with Crippen molar-refractivity contribution in [1.82, 2.24) is 10.3 Å². The Bertz CT molecular complexity index is 307. The fourth-order valence-corrected chi connectivity index (χ4v) is 1.59. The molecule has 0 aliphatic carbocycles. The first-order chi connectivity index (χ1) is 7.63. The largest absolute Gasteiger partial charge is 0.468 e. The first-order valence-electron chi connectivity index (χ1n) is 5.56. The van der Waals surface area contributed by atoms with Crippen molar-refractivity contribution in [3.63, 3.8) is 0 Å². The first kappa shape index (κ1) is 12.8. The van der Waals surface area contributed by atoms with Gasteiger partial charge in [-0.1, -0.05) is 13.8 Å². The molecule has 1 heterocycles. The zero-order valence-corrected chi connectivity index (χ0v) is 10.1. The van der Waals surface area contributed by atoms with E-state index in [1.165, 1.54) is 7.11 Å². The van der Waals surface area contributed by atoms with E-state index in [1.807, 2.05) is 18.5 Å². The lowest BCUT2D eigenvalue weighted by molar-refractivity contribution is -0.143. The van der Waals surface area contributed by atoms with Gasteiger partial charge in [0.2, 0.25) is 0 Å². The Morgan fingerprint density at radius 3 is 2.81 bits per heavy atom. The molecule has 90 valence electrons. The van der Waals surface area contributed by atoms with Crippen molar-refractivity contribution in [3.05, 3.63) is 24.0 Å². The maximum absolute atomic E-state index is 11.5. The van der Waals surface area contributed by atoms with Gasteiger partial charge >= 0.3 is 5.97 Å². The summed E-state index contributed by atoms with van der Waals surface area (Å²) >= 11 is 0. The van der Waals surface area contributed by atoms with Gasteiger partial charge in [-0.2, -0.15) is 0 Å². The van der Waals surface area contributed by atoms with Gasteiger partial charge in [-0.3, -0.25) is 4.79 Å². The molecule has 0 amide bonds. The highest BCUT2D eigenvalue weighted by molar-refractivity contribution is 5.75. The van der Waals surface area contributed by atoms with Crippen molar-refractivity contribution in [3.8, 4) is 0 Å². The highest BCUT2D eigenvalue weighted by Crippen LogP contribution is 2.07. The van der Waals surface area contributed by atoms with Crippen molar-refractivity contribution >= 4 is 5.97 Å². The molecule has 0 aliphatic rings. The topological polar surface area (TPSA) is 54.1 Å². The lowest BCUT2D eigenvalue weighted by atomic mass is 10.0. The number of carbonyl (C=O) groups is 1. The SMILES string of the molecule is COC(=O)C(CC(C)C)NCc1cc[nH]c1. The molecule has 1 rings (SSSR count). The fraction of sp³-hybridized carbons (Fsp3) is 0.583. The smallest absolute Gasteiger partial charge is 0.322 e. The Hall–Kier alpha value is -1.29. The number of aromatic nitrogens is 1. The van der Waals surface area contributed by atoms with Crippen LogP contribution in [0.5, 0.6) is 0 Å². The van der Waals surface area contributed by atoms with Crippen molar-refractivity contribution in [2.75, 3.05) is 7.11 Å². The summed E-state index contributed by atoms with van der Waals surface area (Å²) in [6.45, 7) is 4.86. The van der Waals surface area contributed by atoms with Gasteiger partial charge in [0.05, 0.1) is 7.11 Å². The molecule has 0 fully saturated rings. The van der Waals surface area contributed by atoms with E-state index in [2.05, 4.69) is 24.1 Å². The second-order valence-corrected chi connectivity index (χ2v) is 4.31. The highest BCUT2D eigenvalue weighted by Gasteiger charge is 2.19. The molecule has 4 heteroatoms. The van der Waals surface area contributed by atoms with Gasteiger partial charge in [-0.15, -0.1) is 0 Å². The van der Waals surface area contributed by atoms with Crippen molar-refractivity contribution in [1.29, 1.82) is 0 Å². The van der Waals surface area contributed by atoms with Gasteiger partial charge < -0.3 is 15.0 Å². The molecule has 0 bridgehead atoms. The molecular weight excluding hydrogens is 204 g/mol. The normalized spacial score (nSPS) is 12.8. The predicted octanol–water partition coefficient (Wildman–Crippen LogP) is 1.69. The van der Waals surface area contributed by atoms with Crippen molar-refractivity contribution in [2.24, 2.45) is 5.92 Å². The Labute approximate surface area is 96.4 Å². The van der Waals surface area contributed by atoms with Crippen LogP contribution in [0.2, 0.25) is 0 Å². The molecule has 0 aromatic carbocycles. The Kier molecular flexibility index (Phi) is 5.05.